The number of fused-ring (bicyclic) bond motifs is 9. The molecule has 0 bridgehead atoms. The third-order valence-electron chi connectivity index (χ3n) is 12.5. The number of hydrogen-bond acceptors (Lipinski definition) is 3. The number of pyridine rings is 1. The van der Waals surface area contributed by atoms with Crippen molar-refractivity contribution in [2.24, 2.45) is 0 Å². The summed E-state index contributed by atoms with van der Waals surface area (Å²) in [6, 6.07) is 75.5. The Bertz CT molecular complexity index is 3580. The van der Waals surface area contributed by atoms with Gasteiger partial charge in [0.1, 0.15) is 0 Å². The van der Waals surface area contributed by atoms with Crippen LogP contribution in [-0.4, -0.2) is 28.7 Å². The molecule has 13 rings (SSSR count). The predicted molar refractivity (Wildman–Crippen MR) is 259 cm³/mol. The highest BCUT2D eigenvalue weighted by Crippen LogP contribution is 2.41. The molecule has 5 heterocycles. The molecule has 0 saturated heterocycles. The van der Waals surface area contributed by atoms with Gasteiger partial charge >= 0.3 is 0 Å². The van der Waals surface area contributed by atoms with Crippen LogP contribution in [-0.2, 0) is 0 Å². The third-order valence-corrected chi connectivity index (χ3v) is 12.5. The average Bonchev–Trinajstić information content (AvgIpc) is 3.99. The van der Waals surface area contributed by atoms with Gasteiger partial charge in [-0.2, -0.15) is 0 Å². The maximum atomic E-state index is 5.28. The van der Waals surface area contributed by atoms with Crippen LogP contribution in [0, 0.1) is 0 Å². The molecule has 13 aromatic rings. The predicted octanol–water partition coefficient (Wildman–Crippen LogP) is 14.2. The molecule has 6 nitrogen and oxygen atoms in total. The molecular formula is C57H36N6. The molecule has 294 valence electrons. The SMILES string of the molecule is c1ccc(-c2cc(-c3ccccn3)nc(-c3ccccc3-n3c4ccc(-n5c6ccccc6c6ccccc65)cc4c4cc(-n5c6ccccc6c6ccccc65)ccc43)n2)cc1. The van der Waals surface area contributed by atoms with E-state index in [1.54, 1.807) is 0 Å². The number of aromatic nitrogens is 6. The topological polar surface area (TPSA) is 53.5 Å². The molecule has 0 N–H and O–H groups in total. The summed E-state index contributed by atoms with van der Waals surface area (Å²) in [5.74, 6) is 0.631. The van der Waals surface area contributed by atoms with Gasteiger partial charge in [0, 0.05) is 61.0 Å². The highest BCUT2D eigenvalue weighted by molar-refractivity contribution is 6.14. The summed E-state index contributed by atoms with van der Waals surface area (Å²) in [5.41, 5.74) is 14.4. The monoisotopic (exact) mass is 804 g/mol. The van der Waals surface area contributed by atoms with Gasteiger partial charge in [-0.15, -0.1) is 0 Å². The fraction of sp³-hybridized carbons (Fsp3) is 0. The minimum atomic E-state index is 0.631. The molecule has 8 aromatic carbocycles. The number of hydrogen-bond donors (Lipinski definition) is 0. The van der Waals surface area contributed by atoms with Gasteiger partial charge in [0.25, 0.3) is 0 Å². The van der Waals surface area contributed by atoms with Gasteiger partial charge in [-0.25, -0.2) is 9.97 Å². The van der Waals surface area contributed by atoms with Crippen LogP contribution in [0.2, 0.25) is 0 Å². The molecule has 0 amide bonds. The summed E-state index contributed by atoms with van der Waals surface area (Å²) < 4.78 is 7.20. The highest BCUT2D eigenvalue weighted by Gasteiger charge is 2.22. The Labute approximate surface area is 362 Å². The summed E-state index contributed by atoms with van der Waals surface area (Å²) in [4.78, 5) is 15.2. The molecule has 0 aliphatic carbocycles. The quantitative estimate of drug-likeness (QED) is 0.168. The van der Waals surface area contributed by atoms with Crippen molar-refractivity contribution in [3.8, 4) is 51.1 Å². The second-order valence-corrected chi connectivity index (χ2v) is 16.0. The lowest BCUT2D eigenvalue weighted by atomic mass is 10.1. The molecule has 0 saturated carbocycles. The fourth-order valence-corrected chi connectivity index (χ4v) is 9.77. The standard InChI is InChI=1S/C57H36N6/c1-2-16-37(17-3-1)48-36-49(47-23-14-15-33-58-47)60-57(59-48)44-22-8-13-28-54(44)63-55-31-29-38(61-50-24-9-4-18-40(50)41-19-5-10-25-51(41)61)34-45(55)46-35-39(30-32-56(46)63)62-52-26-11-6-20-42(52)43-21-7-12-27-53(43)62/h1-36H. The van der Waals surface area contributed by atoms with Crippen molar-refractivity contribution in [1.82, 2.24) is 28.7 Å². The van der Waals surface area contributed by atoms with Crippen LogP contribution < -0.4 is 0 Å². The molecule has 5 aromatic heterocycles. The molecule has 0 atom stereocenters. The molecule has 0 unspecified atom stereocenters. The Hall–Kier alpha value is -8.61. The first-order valence-corrected chi connectivity index (χ1v) is 21.3. The smallest absolute Gasteiger partial charge is 0.162 e. The van der Waals surface area contributed by atoms with Crippen LogP contribution in [0.4, 0.5) is 0 Å². The first-order chi connectivity index (χ1) is 31.3. The normalized spacial score (nSPS) is 11.8. The lowest BCUT2D eigenvalue weighted by molar-refractivity contribution is 1.13. The van der Waals surface area contributed by atoms with Crippen molar-refractivity contribution in [2.45, 2.75) is 0 Å². The van der Waals surface area contributed by atoms with E-state index in [4.69, 9.17) is 15.0 Å². The van der Waals surface area contributed by atoms with Crippen LogP contribution in [0.25, 0.3) is 117 Å². The van der Waals surface area contributed by atoms with Crippen molar-refractivity contribution in [3.05, 3.63) is 219 Å². The molecule has 6 heteroatoms. The summed E-state index contributed by atoms with van der Waals surface area (Å²) in [6.45, 7) is 0. The van der Waals surface area contributed by atoms with E-state index in [0.29, 0.717) is 5.82 Å². The van der Waals surface area contributed by atoms with Crippen LogP contribution in [0.3, 0.4) is 0 Å². The van der Waals surface area contributed by atoms with Crippen LogP contribution in [0.15, 0.2) is 219 Å². The Balaban J connectivity index is 1.10. The zero-order valence-corrected chi connectivity index (χ0v) is 34.0. The largest absolute Gasteiger partial charge is 0.309 e. The minimum absolute atomic E-state index is 0.631. The van der Waals surface area contributed by atoms with Gasteiger partial charge < -0.3 is 13.7 Å². The van der Waals surface area contributed by atoms with Gasteiger partial charge in [0.2, 0.25) is 0 Å². The van der Waals surface area contributed by atoms with Crippen LogP contribution >= 0.6 is 0 Å². The lowest BCUT2D eigenvalue weighted by Crippen LogP contribution is -2.02. The van der Waals surface area contributed by atoms with E-state index in [2.05, 4.69) is 184 Å². The summed E-state index contributed by atoms with van der Waals surface area (Å²) in [6.07, 6.45) is 1.81. The Morgan fingerprint density at radius 2 is 0.762 bits per heavy atom. The minimum Gasteiger partial charge on any atom is -0.309 e. The Morgan fingerprint density at radius 1 is 0.302 bits per heavy atom. The molecule has 0 aliphatic rings. The maximum absolute atomic E-state index is 5.28. The third kappa shape index (κ3) is 5.48. The van der Waals surface area contributed by atoms with Crippen molar-refractivity contribution in [1.29, 1.82) is 0 Å². The van der Waals surface area contributed by atoms with Crippen LogP contribution in [0.1, 0.15) is 0 Å². The molecular weight excluding hydrogens is 769 g/mol. The van der Waals surface area contributed by atoms with E-state index in [0.717, 1.165) is 67.1 Å². The average molecular weight is 805 g/mol. The molecule has 63 heavy (non-hydrogen) atoms. The molecule has 0 radical (unpaired) electrons. The first kappa shape index (κ1) is 35.2. The van der Waals surface area contributed by atoms with E-state index in [1.807, 2.05) is 48.7 Å². The van der Waals surface area contributed by atoms with Gasteiger partial charge in [-0.05, 0) is 91.0 Å². The van der Waals surface area contributed by atoms with Crippen LogP contribution in [0.5, 0.6) is 0 Å². The lowest BCUT2D eigenvalue weighted by Gasteiger charge is -2.15. The number of para-hydroxylation sites is 5. The number of rotatable bonds is 6. The summed E-state index contributed by atoms with van der Waals surface area (Å²) >= 11 is 0. The fourth-order valence-electron chi connectivity index (χ4n) is 9.77. The van der Waals surface area contributed by atoms with Gasteiger partial charge in [0.05, 0.1) is 55.9 Å². The van der Waals surface area contributed by atoms with Crippen molar-refractivity contribution in [3.63, 3.8) is 0 Å². The molecule has 0 aliphatic heterocycles. The second-order valence-electron chi connectivity index (χ2n) is 16.0. The van der Waals surface area contributed by atoms with Crippen molar-refractivity contribution >= 4 is 65.4 Å². The van der Waals surface area contributed by atoms with E-state index in [-0.39, 0.29) is 0 Å². The summed E-state index contributed by atoms with van der Waals surface area (Å²) in [7, 11) is 0. The Morgan fingerprint density at radius 3 is 1.30 bits per heavy atom. The van der Waals surface area contributed by atoms with Gasteiger partial charge in [-0.1, -0.05) is 121 Å². The Kier molecular flexibility index (Phi) is 7.80. The molecule has 0 fully saturated rings. The first-order valence-electron chi connectivity index (χ1n) is 21.3. The number of nitrogens with zero attached hydrogens (tertiary/aromatic N) is 6. The molecule has 0 spiro atoms. The number of benzene rings is 8. The second kappa shape index (κ2) is 14.0. The maximum Gasteiger partial charge on any atom is 0.162 e. The summed E-state index contributed by atoms with van der Waals surface area (Å²) in [5, 5.41) is 7.24. The van der Waals surface area contributed by atoms with Crippen molar-refractivity contribution in [2.75, 3.05) is 0 Å². The van der Waals surface area contributed by atoms with E-state index >= 15 is 0 Å². The zero-order valence-electron chi connectivity index (χ0n) is 34.0. The zero-order chi connectivity index (χ0) is 41.4. The van der Waals surface area contributed by atoms with E-state index in [9.17, 15) is 0 Å². The van der Waals surface area contributed by atoms with Crippen molar-refractivity contribution < 1.29 is 0 Å². The van der Waals surface area contributed by atoms with Gasteiger partial charge in [-0.3, -0.25) is 4.98 Å². The van der Waals surface area contributed by atoms with Gasteiger partial charge in [0.15, 0.2) is 5.82 Å². The van der Waals surface area contributed by atoms with E-state index in [1.165, 1.54) is 43.6 Å². The highest BCUT2D eigenvalue weighted by atomic mass is 15.0. The van der Waals surface area contributed by atoms with E-state index < -0.39 is 0 Å².